The minimum absolute atomic E-state index is 0.124. The van der Waals surface area contributed by atoms with Crippen molar-refractivity contribution >= 4 is 6.09 Å². The van der Waals surface area contributed by atoms with Crippen LogP contribution in [0.3, 0.4) is 0 Å². The Morgan fingerprint density at radius 3 is 2.21 bits per heavy atom. The molecule has 0 unspecified atom stereocenters. The summed E-state index contributed by atoms with van der Waals surface area (Å²) in [6.45, 7) is 4.20. The second-order valence-electron chi connectivity index (χ2n) is 6.11. The molecule has 0 aromatic carbocycles. The zero-order chi connectivity index (χ0) is 14.7. The summed E-state index contributed by atoms with van der Waals surface area (Å²) in [6, 6.07) is -0.124. The van der Waals surface area contributed by atoms with Crippen molar-refractivity contribution in [3.63, 3.8) is 0 Å². The van der Waals surface area contributed by atoms with Gasteiger partial charge in [0.05, 0.1) is 0 Å². The highest BCUT2D eigenvalue weighted by Crippen LogP contribution is 2.36. The molecular weight excluding hydrogens is 256 g/mol. The number of ether oxygens (including phenoxy) is 1. The van der Waals surface area contributed by atoms with Gasteiger partial charge < -0.3 is 15.2 Å². The molecule has 1 fully saturated rings. The maximum absolute atomic E-state index is 13.3. The van der Waals surface area contributed by atoms with Crippen LogP contribution >= 0.6 is 0 Å². The second kappa shape index (κ2) is 6.03. The molecule has 0 spiro atoms. The van der Waals surface area contributed by atoms with Gasteiger partial charge in [-0.05, 0) is 46.5 Å². The third-order valence-corrected chi connectivity index (χ3v) is 3.26. The van der Waals surface area contributed by atoms with Gasteiger partial charge in [0.2, 0.25) is 0 Å². The van der Waals surface area contributed by atoms with Crippen LogP contribution in [0.25, 0.3) is 0 Å². The Morgan fingerprint density at radius 2 is 1.79 bits per heavy atom. The smallest absolute Gasteiger partial charge is 0.407 e. The highest BCUT2D eigenvalue weighted by molar-refractivity contribution is 5.68. The van der Waals surface area contributed by atoms with Gasteiger partial charge in [-0.15, -0.1) is 0 Å². The second-order valence-corrected chi connectivity index (χ2v) is 6.11. The molecule has 1 saturated carbocycles. The standard InChI is InChI=1S/C13H23F2NO3/c1-12(2,3)19-11(18)16-10-6-4-9(5-7-10)13(14,15)8-17/h9-10,17H,4-8H2,1-3H3,(H,16,18). The largest absolute Gasteiger partial charge is 0.444 e. The van der Waals surface area contributed by atoms with Crippen molar-refractivity contribution in [2.45, 2.75) is 64.0 Å². The first-order valence-corrected chi connectivity index (χ1v) is 6.62. The number of aliphatic hydroxyl groups excluding tert-OH is 1. The number of rotatable bonds is 3. The van der Waals surface area contributed by atoms with E-state index < -0.39 is 30.1 Å². The van der Waals surface area contributed by atoms with Gasteiger partial charge in [0.1, 0.15) is 12.2 Å². The third-order valence-electron chi connectivity index (χ3n) is 3.26. The summed E-state index contributed by atoms with van der Waals surface area (Å²) in [4.78, 5) is 11.5. The SMILES string of the molecule is CC(C)(C)OC(=O)NC1CCC(C(F)(F)CO)CC1. The van der Waals surface area contributed by atoms with Crippen molar-refractivity contribution in [3.05, 3.63) is 0 Å². The van der Waals surface area contributed by atoms with Gasteiger partial charge >= 0.3 is 6.09 Å². The number of alkyl halides is 2. The van der Waals surface area contributed by atoms with Crippen LogP contribution in [0, 0.1) is 5.92 Å². The third kappa shape index (κ3) is 5.30. The van der Waals surface area contributed by atoms with Crippen molar-refractivity contribution in [2.75, 3.05) is 6.61 Å². The molecule has 4 nitrogen and oxygen atoms in total. The number of carbonyl (C=O) groups is 1. The van der Waals surface area contributed by atoms with Crippen LogP contribution in [0.1, 0.15) is 46.5 Å². The Kier molecular flexibility index (Phi) is 5.12. The van der Waals surface area contributed by atoms with Gasteiger partial charge in [-0.1, -0.05) is 0 Å². The van der Waals surface area contributed by atoms with Crippen LogP contribution in [0.2, 0.25) is 0 Å². The minimum Gasteiger partial charge on any atom is -0.444 e. The predicted molar refractivity (Wildman–Crippen MR) is 67.1 cm³/mol. The summed E-state index contributed by atoms with van der Waals surface area (Å²) >= 11 is 0. The molecule has 1 amide bonds. The summed E-state index contributed by atoms with van der Waals surface area (Å²) < 4.78 is 31.7. The topological polar surface area (TPSA) is 58.6 Å². The van der Waals surface area contributed by atoms with E-state index in [4.69, 9.17) is 9.84 Å². The van der Waals surface area contributed by atoms with E-state index >= 15 is 0 Å². The van der Waals surface area contributed by atoms with E-state index in [0.717, 1.165) is 0 Å². The molecule has 1 rings (SSSR count). The predicted octanol–water partition coefficient (Wildman–Crippen LogP) is 2.70. The Labute approximate surface area is 112 Å². The average molecular weight is 279 g/mol. The van der Waals surface area contributed by atoms with Crippen molar-refractivity contribution in [1.82, 2.24) is 5.32 Å². The van der Waals surface area contributed by atoms with Gasteiger partial charge in [0.25, 0.3) is 5.92 Å². The number of nitrogens with one attached hydrogen (secondary N) is 1. The van der Waals surface area contributed by atoms with Crippen LogP contribution < -0.4 is 5.32 Å². The van der Waals surface area contributed by atoms with Crippen LogP contribution in [0.5, 0.6) is 0 Å². The van der Waals surface area contributed by atoms with Gasteiger partial charge in [-0.2, -0.15) is 0 Å². The summed E-state index contributed by atoms with van der Waals surface area (Å²) in [5.74, 6) is -3.81. The van der Waals surface area contributed by atoms with E-state index in [-0.39, 0.29) is 6.04 Å². The lowest BCUT2D eigenvalue weighted by molar-refractivity contribution is -0.108. The van der Waals surface area contributed by atoms with Crippen molar-refractivity contribution in [1.29, 1.82) is 0 Å². The molecule has 0 aromatic rings. The first kappa shape index (κ1) is 16.1. The number of aliphatic hydroxyl groups is 1. The normalized spacial score (nSPS) is 24.9. The quantitative estimate of drug-likeness (QED) is 0.835. The molecule has 0 atom stereocenters. The van der Waals surface area contributed by atoms with Gasteiger partial charge in [-0.3, -0.25) is 0 Å². The zero-order valence-electron chi connectivity index (χ0n) is 11.7. The molecule has 0 bridgehead atoms. The Morgan fingerprint density at radius 1 is 1.26 bits per heavy atom. The fourth-order valence-corrected chi connectivity index (χ4v) is 2.26. The van der Waals surface area contributed by atoms with E-state index in [0.29, 0.717) is 25.7 Å². The van der Waals surface area contributed by atoms with Gasteiger partial charge in [0.15, 0.2) is 0 Å². The molecule has 1 aliphatic rings. The van der Waals surface area contributed by atoms with E-state index in [2.05, 4.69) is 5.32 Å². The lowest BCUT2D eigenvalue weighted by atomic mass is 9.82. The molecule has 0 aliphatic heterocycles. The molecule has 2 N–H and O–H groups in total. The van der Waals surface area contributed by atoms with Crippen LogP contribution in [0.15, 0.2) is 0 Å². The maximum atomic E-state index is 13.3. The minimum atomic E-state index is -3.02. The first-order valence-electron chi connectivity index (χ1n) is 6.62. The summed E-state index contributed by atoms with van der Waals surface area (Å²) in [6.07, 6.45) is 1.06. The van der Waals surface area contributed by atoms with Crippen LogP contribution in [-0.4, -0.2) is 35.4 Å². The van der Waals surface area contributed by atoms with E-state index in [1.54, 1.807) is 20.8 Å². The molecule has 0 aromatic heterocycles. The highest BCUT2D eigenvalue weighted by atomic mass is 19.3. The molecular formula is C13H23F2NO3. The lowest BCUT2D eigenvalue weighted by Gasteiger charge is -2.33. The lowest BCUT2D eigenvalue weighted by Crippen LogP contribution is -2.43. The molecule has 112 valence electrons. The Hall–Kier alpha value is -0.910. The molecule has 6 heteroatoms. The first-order chi connectivity index (χ1) is 8.64. The summed E-state index contributed by atoms with van der Waals surface area (Å²) in [5, 5.41) is 11.3. The van der Waals surface area contributed by atoms with Crippen molar-refractivity contribution in [3.8, 4) is 0 Å². The van der Waals surface area contributed by atoms with Crippen molar-refractivity contribution < 1.29 is 23.4 Å². The Bertz CT molecular complexity index is 308. The monoisotopic (exact) mass is 279 g/mol. The molecule has 19 heavy (non-hydrogen) atoms. The molecule has 0 heterocycles. The van der Waals surface area contributed by atoms with E-state index in [9.17, 15) is 13.6 Å². The van der Waals surface area contributed by atoms with Crippen LogP contribution in [0.4, 0.5) is 13.6 Å². The number of hydrogen-bond donors (Lipinski definition) is 2. The fraction of sp³-hybridized carbons (Fsp3) is 0.923. The maximum Gasteiger partial charge on any atom is 0.407 e. The van der Waals surface area contributed by atoms with Crippen molar-refractivity contribution in [2.24, 2.45) is 5.92 Å². The fourth-order valence-electron chi connectivity index (χ4n) is 2.26. The summed E-state index contributed by atoms with van der Waals surface area (Å²) in [7, 11) is 0. The van der Waals surface area contributed by atoms with E-state index in [1.165, 1.54) is 0 Å². The number of carbonyl (C=O) groups excluding carboxylic acids is 1. The zero-order valence-corrected chi connectivity index (χ0v) is 11.7. The van der Waals surface area contributed by atoms with Gasteiger partial charge in [-0.25, -0.2) is 13.6 Å². The molecule has 0 radical (unpaired) electrons. The number of hydrogen-bond acceptors (Lipinski definition) is 3. The number of alkyl carbamates (subject to hydrolysis) is 1. The number of amides is 1. The Balaban J connectivity index is 2.37. The highest BCUT2D eigenvalue weighted by Gasteiger charge is 2.41. The molecule has 1 aliphatic carbocycles. The number of halogens is 2. The average Bonchev–Trinajstić information content (AvgIpc) is 2.27. The van der Waals surface area contributed by atoms with E-state index in [1.807, 2.05) is 0 Å². The molecule has 0 saturated heterocycles. The van der Waals surface area contributed by atoms with Crippen LogP contribution in [-0.2, 0) is 4.74 Å². The van der Waals surface area contributed by atoms with Gasteiger partial charge in [0, 0.05) is 12.0 Å². The summed E-state index contributed by atoms with van der Waals surface area (Å²) in [5.41, 5.74) is -0.564.